The summed E-state index contributed by atoms with van der Waals surface area (Å²) in [7, 11) is 0. The summed E-state index contributed by atoms with van der Waals surface area (Å²) in [5.74, 6) is 0. The van der Waals surface area contributed by atoms with E-state index in [0.29, 0.717) is 0 Å². The standard InChI is InChI=1S/C9H12.C8H12/c1-3-9-6-4-8(2)5-7-9;1-7-4-3-5-8(2)6-7/h4-7H,3H2,1-2H3;4,6H,3,5H2,1-2H3. The summed E-state index contributed by atoms with van der Waals surface area (Å²) in [6.45, 7) is 8.63. The fourth-order valence-corrected chi connectivity index (χ4v) is 1.87. The minimum Gasteiger partial charge on any atom is -0.0813 e. The summed E-state index contributed by atoms with van der Waals surface area (Å²) in [6.07, 6.45) is 8.18. The zero-order chi connectivity index (χ0) is 12.7. The molecule has 2 rings (SSSR count). The first kappa shape index (κ1) is 13.8. The van der Waals surface area contributed by atoms with E-state index in [2.05, 4.69) is 64.1 Å². The topological polar surface area (TPSA) is 0 Å². The number of hydrogen-bond acceptors (Lipinski definition) is 0. The van der Waals surface area contributed by atoms with Gasteiger partial charge >= 0.3 is 0 Å². The molecule has 0 heterocycles. The molecule has 0 amide bonds. The predicted molar refractivity (Wildman–Crippen MR) is 77.3 cm³/mol. The van der Waals surface area contributed by atoms with E-state index < -0.39 is 0 Å². The smallest absolute Gasteiger partial charge is 0.0285 e. The van der Waals surface area contributed by atoms with Gasteiger partial charge in [0, 0.05) is 0 Å². The first-order chi connectivity index (χ1) is 8.11. The number of hydrogen-bond donors (Lipinski definition) is 0. The Kier molecular flexibility index (Phi) is 5.76. The van der Waals surface area contributed by atoms with Gasteiger partial charge in [-0.15, -0.1) is 0 Å². The summed E-state index contributed by atoms with van der Waals surface area (Å²) in [5.41, 5.74) is 5.70. The van der Waals surface area contributed by atoms with E-state index in [1.165, 1.54) is 35.1 Å². The Bertz CT molecular complexity index is 391. The molecule has 0 atom stereocenters. The molecule has 1 aromatic rings. The molecule has 1 aliphatic rings. The third kappa shape index (κ3) is 5.53. The summed E-state index contributed by atoms with van der Waals surface area (Å²) in [4.78, 5) is 0. The third-order valence-corrected chi connectivity index (χ3v) is 3.01. The van der Waals surface area contributed by atoms with Gasteiger partial charge in [-0.3, -0.25) is 0 Å². The second kappa shape index (κ2) is 7.11. The Morgan fingerprint density at radius 2 is 1.65 bits per heavy atom. The molecule has 17 heavy (non-hydrogen) atoms. The molecule has 0 saturated heterocycles. The molecule has 0 fully saturated rings. The lowest BCUT2D eigenvalue weighted by atomic mass is 10.0. The molecule has 0 saturated carbocycles. The molecule has 0 radical (unpaired) electrons. The van der Waals surface area contributed by atoms with E-state index in [1.54, 1.807) is 0 Å². The molecular weight excluding hydrogens is 204 g/mol. The minimum atomic E-state index is 1.14. The quantitative estimate of drug-likeness (QED) is 0.617. The third-order valence-electron chi connectivity index (χ3n) is 3.01. The zero-order valence-corrected chi connectivity index (χ0v) is 11.6. The van der Waals surface area contributed by atoms with Gasteiger partial charge in [0.25, 0.3) is 0 Å². The Morgan fingerprint density at radius 3 is 2.06 bits per heavy atom. The maximum Gasteiger partial charge on any atom is -0.0285 e. The van der Waals surface area contributed by atoms with E-state index in [-0.39, 0.29) is 0 Å². The fourth-order valence-electron chi connectivity index (χ4n) is 1.87. The van der Waals surface area contributed by atoms with Crippen molar-refractivity contribution in [3.8, 4) is 0 Å². The SMILES string of the molecule is CC1=CCCC(C)=C1.CCc1ccc(C)cc1. The van der Waals surface area contributed by atoms with E-state index in [1.807, 2.05) is 0 Å². The van der Waals surface area contributed by atoms with Crippen LogP contribution in [0.3, 0.4) is 0 Å². The van der Waals surface area contributed by atoms with Gasteiger partial charge < -0.3 is 0 Å². The molecule has 0 N–H and O–H groups in total. The molecule has 0 unspecified atom stereocenters. The van der Waals surface area contributed by atoms with Crippen molar-refractivity contribution < 1.29 is 0 Å². The van der Waals surface area contributed by atoms with Crippen LogP contribution in [-0.2, 0) is 6.42 Å². The Hall–Kier alpha value is -1.30. The van der Waals surface area contributed by atoms with Gasteiger partial charge in [0.2, 0.25) is 0 Å². The molecule has 0 bridgehead atoms. The lowest BCUT2D eigenvalue weighted by Crippen LogP contribution is -1.84. The maximum absolute atomic E-state index is 2.28. The minimum absolute atomic E-state index is 1.14. The van der Waals surface area contributed by atoms with Gasteiger partial charge in [0.1, 0.15) is 0 Å². The second-order valence-electron chi connectivity index (χ2n) is 4.82. The number of rotatable bonds is 1. The lowest BCUT2D eigenvalue weighted by molar-refractivity contribution is 0.945. The first-order valence-electron chi connectivity index (χ1n) is 6.51. The molecule has 1 aromatic carbocycles. The highest BCUT2D eigenvalue weighted by molar-refractivity contribution is 5.24. The van der Waals surface area contributed by atoms with Crippen LogP contribution < -0.4 is 0 Å². The van der Waals surface area contributed by atoms with Crippen LogP contribution in [-0.4, -0.2) is 0 Å². The molecule has 92 valence electrons. The van der Waals surface area contributed by atoms with Crippen LogP contribution in [0.1, 0.15) is 44.7 Å². The second-order valence-corrected chi connectivity index (χ2v) is 4.82. The van der Waals surface area contributed by atoms with Crippen molar-refractivity contribution in [2.45, 2.75) is 47.0 Å². The van der Waals surface area contributed by atoms with Crippen molar-refractivity contribution in [2.24, 2.45) is 0 Å². The molecule has 0 aliphatic heterocycles. The molecule has 0 spiro atoms. The average Bonchev–Trinajstić information content (AvgIpc) is 2.30. The van der Waals surface area contributed by atoms with Crippen LogP contribution >= 0.6 is 0 Å². The van der Waals surface area contributed by atoms with Crippen LogP contribution in [0.25, 0.3) is 0 Å². The fraction of sp³-hybridized carbons (Fsp3) is 0.412. The maximum atomic E-state index is 2.28. The Labute approximate surface area is 106 Å². The Balaban J connectivity index is 0.000000171. The number of allylic oxidation sites excluding steroid dienone is 4. The van der Waals surface area contributed by atoms with E-state index in [4.69, 9.17) is 0 Å². The molecule has 0 heteroatoms. The summed E-state index contributed by atoms with van der Waals surface area (Å²) in [5, 5.41) is 0. The van der Waals surface area contributed by atoms with Gasteiger partial charge in [-0.2, -0.15) is 0 Å². The predicted octanol–water partition coefficient (Wildman–Crippen LogP) is 5.23. The van der Waals surface area contributed by atoms with Gasteiger partial charge in [-0.25, -0.2) is 0 Å². The summed E-state index contributed by atoms with van der Waals surface area (Å²) < 4.78 is 0. The van der Waals surface area contributed by atoms with E-state index in [9.17, 15) is 0 Å². The average molecular weight is 228 g/mol. The molecule has 0 nitrogen and oxygen atoms in total. The molecule has 0 aromatic heterocycles. The van der Waals surface area contributed by atoms with Crippen LogP contribution in [0.4, 0.5) is 0 Å². The molecular formula is C17H24. The van der Waals surface area contributed by atoms with Crippen molar-refractivity contribution in [3.63, 3.8) is 0 Å². The zero-order valence-electron chi connectivity index (χ0n) is 11.6. The van der Waals surface area contributed by atoms with Crippen molar-refractivity contribution in [1.29, 1.82) is 0 Å². The monoisotopic (exact) mass is 228 g/mol. The Morgan fingerprint density at radius 1 is 1.00 bits per heavy atom. The summed E-state index contributed by atoms with van der Waals surface area (Å²) >= 11 is 0. The van der Waals surface area contributed by atoms with Crippen molar-refractivity contribution in [1.82, 2.24) is 0 Å². The number of aryl methyl sites for hydroxylation is 2. The van der Waals surface area contributed by atoms with Crippen LogP contribution in [0, 0.1) is 6.92 Å². The van der Waals surface area contributed by atoms with Gasteiger partial charge in [-0.1, -0.05) is 60.1 Å². The van der Waals surface area contributed by atoms with Gasteiger partial charge in [0.05, 0.1) is 0 Å². The van der Waals surface area contributed by atoms with E-state index in [0.717, 1.165) is 6.42 Å². The van der Waals surface area contributed by atoms with Gasteiger partial charge in [-0.05, 0) is 45.6 Å². The van der Waals surface area contributed by atoms with Gasteiger partial charge in [0.15, 0.2) is 0 Å². The highest BCUT2D eigenvalue weighted by Crippen LogP contribution is 2.15. The van der Waals surface area contributed by atoms with Crippen LogP contribution in [0.15, 0.2) is 47.6 Å². The highest BCUT2D eigenvalue weighted by Gasteiger charge is 1.94. The van der Waals surface area contributed by atoms with Crippen LogP contribution in [0.2, 0.25) is 0 Å². The van der Waals surface area contributed by atoms with Crippen molar-refractivity contribution in [3.05, 3.63) is 58.7 Å². The number of benzene rings is 1. The van der Waals surface area contributed by atoms with E-state index >= 15 is 0 Å². The van der Waals surface area contributed by atoms with Crippen LogP contribution in [0.5, 0.6) is 0 Å². The summed E-state index contributed by atoms with van der Waals surface area (Å²) in [6, 6.07) is 8.66. The van der Waals surface area contributed by atoms with Crippen molar-refractivity contribution in [2.75, 3.05) is 0 Å². The van der Waals surface area contributed by atoms with Crippen molar-refractivity contribution >= 4 is 0 Å². The normalized spacial score (nSPS) is 14.4. The highest BCUT2D eigenvalue weighted by atomic mass is 14.0. The lowest BCUT2D eigenvalue weighted by Gasteiger charge is -2.04. The largest absolute Gasteiger partial charge is 0.0813 e. The molecule has 1 aliphatic carbocycles. The first-order valence-corrected chi connectivity index (χ1v) is 6.51.